The maximum atomic E-state index is 4.13. The van der Waals surface area contributed by atoms with Crippen molar-refractivity contribution in [2.45, 2.75) is 20.8 Å². The predicted molar refractivity (Wildman–Crippen MR) is 55.7 cm³/mol. The number of hydrogen-bond acceptors (Lipinski definition) is 3. The third-order valence-electron chi connectivity index (χ3n) is 1.51. The Kier molecular flexibility index (Phi) is 3.79. The molecule has 14 heavy (non-hydrogen) atoms. The quantitative estimate of drug-likeness (QED) is 0.750. The summed E-state index contributed by atoms with van der Waals surface area (Å²) in [7, 11) is 0. The molecule has 2 rings (SSSR count). The smallest absolute Gasteiger partial charge is 0.157 e. The second-order valence-electron chi connectivity index (χ2n) is 2.51. The van der Waals surface area contributed by atoms with Crippen LogP contribution < -0.4 is 0 Å². The SMILES string of the molecule is CC.Cc1cnc(-c2cnccn2)[nH]1. The van der Waals surface area contributed by atoms with E-state index in [0.29, 0.717) is 0 Å². The van der Waals surface area contributed by atoms with Crippen molar-refractivity contribution in [2.75, 3.05) is 0 Å². The molecule has 0 amide bonds. The fraction of sp³-hybridized carbons (Fsp3) is 0.300. The second kappa shape index (κ2) is 5.11. The predicted octanol–water partition coefficient (Wildman–Crippen LogP) is 2.20. The van der Waals surface area contributed by atoms with Crippen molar-refractivity contribution < 1.29 is 0 Å². The summed E-state index contributed by atoms with van der Waals surface area (Å²) in [6.45, 7) is 5.95. The van der Waals surface area contributed by atoms with Gasteiger partial charge in [0.05, 0.1) is 6.20 Å². The molecular weight excluding hydrogens is 176 g/mol. The zero-order valence-corrected chi connectivity index (χ0v) is 8.65. The van der Waals surface area contributed by atoms with E-state index in [1.165, 1.54) is 0 Å². The van der Waals surface area contributed by atoms with Crippen molar-refractivity contribution in [1.82, 2.24) is 19.9 Å². The van der Waals surface area contributed by atoms with Gasteiger partial charge in [-0.1, -0.05) is 13.8 Å². The summed E-state index contributed by atoms with van der Waals surface area (Å²) >= 11 is 0. The molecule has 0 bridgehead atoms. The molecule has 4 heteroatoms. The van der Waals surface area contributed by atoms with Crippen molar-refractivity contribution in [3.8, 4) is 11.5 Å². The van der Waals surface area contributed by atoms with Crippen molar-refractivity contribution >= 4 is 0 Å². The summed E-state index contributed by atoms with van der Waals surface area (Å²) in [5, 5.41) is 0. The fourth-order valence-corrected chi connectivity index (χ4v) is 0.964. The summed E-state index contributed by atoms with van der Waals surface area (Å²) in [5.74, 6) is 0.764. The minimum Gasteiger partial charge on any atom is -0.341 e. The average Bonchev–Trinajstić information content (AvgIpc) is 2.69. The molecule has 74 valence electrons. The minimum absolute atomic E-state index is 0.764. The molecule has 0 unspecified atom stereocenters. The molecule has 4 nitrogen and oxygen atoms in total. The lowest BCUT2D eigenvalue weighted by Gasteiger charge is -1.91. The van der Waals surface area contributed by atoms with Crippen LogP contribution in [0.3, 0.4) is 0 Å². The molecule has 1 N–H and O–H groups in total. The van der Waals surface area contributed by atoms with E-state index in [0.717, 1.165) is 17.2 Å². The van der Waals surface area contributed by atoms with Gasteiger partial charge in [0.1, 0.15) is 5.69 Å². The van der Waals surface area contributed by atoms with Crippen molar-refractivity contribution in [2.24, 2.45) is 0 Å². The van der Waals surface area contributed by atoms with E-state index in [-0.39, 0.29) is 0 Å². The van der Waals surface area contributed by atoms with Crippen molar-refractivity contribution in [3.05, 3.63) is 30.5 Å². The first-order chi connectivity index (χ1) is 6.86. The molecule has 2 aromatic rings. The highest BCUT2D eigenvalue weighted by atomic mass is 14.9. The Morgan fingerprint density at radius 3 is 2.36 bits per heavy atom. The van der Waals surface area contributed by atoms with Gasteiger partial charge in [0, 0.05) is 24.3 Å². The van der Waals surface area contributed by atoms with E-state index in [2.05, 4.69) is 19.9 Å². The van der Waals surface area contributed by atoms with Crippen LogP contribution >= 0.6 is 0 Å². The van der Waals surface area contributed by atoms with Crippen LogP contribution in [0.2, 0.25) is 0 Å². The largest absolute Gasteiger partial charge is 0.341 e. The highest BCUT2D eigenvalue weighted by molar-refractivity contribution is 5.46. The number of hydrogen-bond donors (Lipinski definition) is 1. The first kappa shape index (κ1) is 10.4. The number of imidazole rings is 1. The molecule has 0 aliphatic rings. The van der Waals surface area contributed by atoms with E-state index < -0.39 is 0 Å². The highest BCUT2D eigenvalue weighted by Gasteiger charge is 2.00. The topological polar surface area (TPSA) is 54.5 Å². The van der Waals surface area contributed by atoms with Crippen LogP contribution in [0, 0.1) is 6.92 Å². The molecule has 0 aromatic carbocycles. The number of H-pyrrole nitrogens is 1. The lowest BCUT2D eigenvalue weighted by atomic mass is 10.4. The number of aromatic amines is 1. The zero-order chi connectivity index (χ0) is 10.4. The number of nitrogens with one attached hydrogen (secondary N) is 1. The molecule has 0 radical (unpaired) electrons. The summed E-state index contributed by atoms with van der Waals surface area (Å²) in [5.41, 5.74) is 1.79. The van der Waals surface area contributed by atoms with E-state index >= 15 is 0 Å². The van der Waals surface area contributed by atoms with E-state index in [4.69, 9.17) is 0 Å². The molecule has 2 aromatic heterocycles. The molecule has 0 spiro atoms. The molecule has 0 saturated heterocycles. The molecule has 0 aliphatic carbocycles. The lowest BCUT2D eigenvalue weighted by molar-refractivity contribution is 1.15. The van der Waals surface area contributed by atoms with E-state index in [1.54, 1.807) is 24.8 Å². The van der Waals surface area contributed by atoms with E-state index in [1.807, 2.05) is 20.8 Å². The monoisotopic (exact) mass is 190 g/mol. The van der Waals surface area contributed by atoms with Gasteiger partial charge in [0.2, 0.25) is 0 Å². The summed E-state index contributed by atoms with van der Waals surface area (Å²) in [6.07, 6.45) is 6.73. The highest BCUT2D eigenvalue weighted by Crippen LogP contribution is 2.09. The van der Waals surface area contributed by atoms with Gasteiger partial charge in [-0.3, -0.25) is 4.98 Å². The lowest BCUT2D eigenvalue weighted by Crippen LogP contribution is -1.85. The van der Waals surface area contributed by atoms with E-state index in [9.17, 15) is 0 Å². The number of aryl methyl sites for hydroxylation is 1. The van der Waals surface area contributed by atoms with Gasteiger partial charge in [0.15, 0.2) is 5.82 Å². The third-order valence-corrected chi connectivity index (χ3v) is 1.51. The minimum atomic E-state index is 0.764. The number of nitrogens with zero attached hydrogens (tertiary/aromatic N) is 3. The Bertz CT molecular complexity index is 367. The Balaban J connectivity index is 0.000000461. The summed E-state index contributed by atoms with van der Waals surface area (Å²) in [6, 6.07) is 0. The maximum absolute atomic E-state index is 4.13. The van der Waals surface area contributed by atoms with Crippen molar-refractivity contribution in [3.63, 3.8) is 0 Å². The Labute approximate surface area is 83.5 Å². The van der Waals surface area contributed by atoms with Crippen LogP contribution in [0.15, 0.2) is 24.8 Å². The molecular formula is C10H14N4. The van der Waals surface area contributed by atoms with Crippen LogP contribution in [0.1, 0.15) is 19.5 Å². The van der Waals surface area contributed by atoms with Gasteiger partial charge < -0.3 is 4.98 Å². The van der Waals surface area contributed by atoms with Gasteiger partial charge in [-0.15, -0.1) is 0 Å². The van der Waals surface area contributed by atoms with Gasteiger partial charge in [0.25, 0.3) is 0 Å². The molecule has 0 saturated carbocycles. The summed E-state index contributed by atoms with van der Waals surface area (Å²) < 4.78 is 0. The zero-order valence-electron chi connectivity index (χ0n) is 8.65. The molecule has 0 atom stereocenters. The van der Waals surface area contributed by atoms with Crippen LogP contribution in [-0.4, -0.2) is 19.9 Å². The normalized spacial score (nSPS) is 9.07. The van der Waals surface area contributed by atoms with Crippen molar-refractivity contribution in [1.29, 1.82) is 0 Å². The van der Waals surface area contributed by atoms with Gasteiger partial charge in [-0.25, -0.2) is 9.97 Å². The average molecular weight is 190 g/mol. The number of aromatic nitrogens is 4. The van der Waals surface area contributed by atoms with Gasteiger partial charge in [-0.2, -0.15) is 0 Å². The Hall–Kier alpha value is -1.71. The van der Waals surface area contributed by atoms with Crippen LogP contribution in [0.25, 0.3) is 11.5 Å². The van der Waals surface area contributed by atoms with Crippen LogP contribution in [0.4, 0.5) is 0 Å². The Morgan fingerprint density at radius 1 is 1.07 bits per heavy atom. The standard InChI is InChI=1S/C8H8N4.C2H6/c1-6-4-11-8(12-6)7-5-9-2-3-10-7;1-2/h2-5H,1H3,(H,11,12);1-2H3. The van der Waals surface area contributed by atoms with Gasteiger partial charge in [-0.05, 0) is 6.92 Å². The summed E-state index contributed by atoms with van der Waals surface area (Å²) in [4.78, 5) is 15.3. The maximum Gasteiger partial charge on any atom is 0.157 e. The first-order valence-corrected chi connectivity index (χ1v) is 4.64. The van der Waals surface area contributed by atoms with Gasteiger partial charge >= 0.3 is 0 Å². The Morgan fingerprint density at radius 2 is 1.86 bits per heavy atom. The molecule has 0 fully saturated rings. The molecule has 0 aliphatic heterocycles. The van der Waals surface area contributed by atoms with Crippen LogP contribution in [-0.2, 0) is 0 Å². The third kappa shape index (κ3) is 2.39. The molecule has 2 heterocycles. The van der Waals surface area contributed by atoms with Crippen LogP contribution in [0.5, 0.6) is 0 Å². The first-order valence-electron chi connectivity index (χ1n) is 4.64. The fourth-order valence-electron chi connectivity index (χ4n) is 0.964. The number of rotatable bonds is 1. The second-order valence-corrected chi connectivity index (χ2v) is 2.51.